The fourth-order valence-corrected chi connectivity index (χ4v) is 3.61. The molecule has 4 rings (SSSR count). The van der Waals surface area contributed by atoms with Gasteiger partial charge in [-0.05, 0) is 55.2 Å². The summed E-state index contributed by atoms with van der Waals surface area (Å²) in [6, 6.07) is 15.8. The first-order valence-electron chi connectivity index (χ1n) is 9.67. The quantitative estimate of drug-likeness (QED) is 0.730. The van der Waals surface area contributed by atoms with Crippen LogP contribution in [0.3, 0.4) is 0 Å². The number of hydrogen-bond donors (Lipinski definition) is 1. The maximum Gasteiger partial charge on any atom is 0.272 e. The predicted octanol–water partition coefficient (Wildman–Crippen LogP) is 4.04. The molecule has 0 fully saturated rings. The molecule has 1 aliphatic rings. The number of amides is 1. The third kappa shape index (κ3) is 4.06. The topological polar surface area (TPSA) is 67.3 Å². The van der Waals surface area contributed by atoms with E-state index in [-0.39, 0.29) is 5.91 Å². The molecule has 2 heterocycles. The van der Waals surface area contributed by atoms with E-state index in [9.17, 15) is 4.79 Å². The van der Waals surface area contributed by atoms with Gasteiger partial charge in [-0.3, -0.25) is 4.79 Å². The number of nitrogens with zero attached hydrogens (tertiary/aromatic N) is 3. The largest absolute Gasteiger partial charge is 0.495 e. The van der Waals surface area contributed by atoms with Crippen molar-refractivity contribution in [1.82, 2.24) is 14.9 Å². The van der Waals surface area contributed by atoms with Crippen LogP contribution >= 0.6 is 0 Å². The summed E-state index contributed by atoms with van der Waals surface area (Å²) in [6.45, 7) is 5.16. The molecule has 0 spiro atoms. The molecule has 29 heavy (non-hydrogen) atoms. The maximum absolute atomic E-state index is 13.1. The van der Waals surface area contributed by atoms with E-state index in [4.69, 9.17) is 4.74 Å². The van der Waals surface area contributed by atoms with Gasteiger partial charge in [-0.2, -0.15) is 0 Å². The van der Waals surface area contributed by atoms with E-state index in [0.717, 1.165) is 23.4 Å². The van der Waals surface area contributed by atoms with Crippen molar-refractivity contribution in [2.75, 3.05) is 19.0 Å². The highest BCUT2D eigenvalue weighted by Crippen LogP contribution is 2.28. The lowest BCUT2D eigenvalue weighted by molar-refractivity contribution is 0.0728. The van der Waals surface area contributed by atoms with Crippen molar-refractivity contribution in [1.29, 1.82) is 0 Å². The molecule has 148 valence electrons. The molecule has 1 N–H and O–H groups in total. The monoisotopic (exact) mass is 388 g/mol. The minimum absolute atomic E-state index is 0.0794. The van der Waals surface area contributed by atoms with Gasteiger partial charge < -0.3 is 15.0 Å². The molecule has 1 aromatic heterocycles. The lowest BCUT2D eigenvalue weighted by atomic mass is 10.00. The molecule has 6 heteroatoms. The maximum atomic E-state index is 13.1. The zero-order valence-corrected chi connectivity index (χ0v) is 16.9. The summed E-state index contributed by atoms with van der Waals surface area (Å²) >= 11 is 0. The molecule has 0 atom stereocenters. The van der Waals surface area contributed by atoms with Crippen molar-refractivity contribution in [3.8, 4) is 5.75 Å². The molecule has 1 aliphatic heterocycles. The Bertz CT molecular complexity index is 1060. The van der Waals surface area contributed by atoms with Crippen LogP contribution < -0.4 is 10.1 Å². The number of hydrogen-bond acceptors (Lipinski definition) is 5. The fraction of sp³-hybridized carbons (Fsp3) is 0.261. The Morgan fingerprint density at radius 2 is 1.86 bits per heavy atom. The molecule has 0 aliphatic carbocycles. The first-order valence-corrected chi connectivity index (χ1v) is 9.67. The lowest BCUT2D eigenvalue weighted by Crippen LogP contribution is -2.36. The predicted molar refractivity (Wildman–Crippen MR) is 113 cm³/mol. The second-order valence-corrected chi connectivity index (χ2v) is 7.29. The van der Waals surface area contributed by atoms with Crippen LogP contribution in [0, 0.1) is 13.8 Å². The van der Waals surface area contributed by atoms with Gasteiger partial charge >= 0.3 is 0 Å². The summed E-state index contributed by atoms with van der Waals surface area (Å²) in [5, 5.41) is 3.20. The summed E-state index contributed by atoms with van der Waals surface area (Å²) in [5.74, 6) is 1.00. The molecule has 3 aromatic rings. The van der Waals surface area contributed by atoms with Gasteiger partial charge in [0.05, 0.1) is 12.8 Å². The molecule has 1 amide bonds. The summed E-state index contributed by atoms with van der Waals surface area (Å²) in [5.41, 5.74) is 5.48. The van der Waals surface area contributed by atoms with E-state index < -0.39 is 0 Å². The smallest absolute Gasteiger partial charge is 0.272 e. The SMILES string of the molecule is COc1ccc(C)cc1Nc1nc(C)cc(C(=O)N2CCc3ccccc3C2)n1. The van der Waals surface area contributed by atoms with Crippen LogP contribution in [0.15, 0.2) is 48.5 Å². The summed E-state index contributed by atoms with van der Waals surface area (Å²) in [6.07, 6.45) is 0.859. The second-order valence-electron chi connectivity index (χ2n) is 7.29. The number of carbonyl (C=O) groups is 1. The van der Waals surface area contributed by atoms with Gasteiger partial charge in [0.1, 0.15) is 11.4 Å². The summed E-state index contributed by atoms with van der Waals surface area (Å²) in [7, 11) is 1.62. The minimum atomic E-state index is -0.0794. The number of fused-ring (bicyclic) bond motifs is 1. The number of nitrogens with one attached hydrogen (secondary N) is 1. The van der Waals surface area contributed by atoms with Gasteiger partial charge in [0.15, 0.2) is 0 Å². The van der Waals surface area contributed by atoms with Crippen molar-refractivity contribution in [2.45, 2.75) is 26.8 Å². The molecule has 0 saturated heterocycles. The highest BCUT2D eigenvalue weighted by atomic mass is 16.5. The number of anilines is 2. The van der Waals surface area contributed by atoms with Gasteiger partial charge in [0.2, 0.25) is 5.95 Å². The Kier molecular flexibility index (Phi) is 5.16. The average molecular weight is 388 g/mol. The van der Waals surface area contributed by atoms with Crippen LogP contribution in [0.25, 0.3) is 0 Å². The highest BCUT2D eigenvalue weighted by molar-refractivity contribution is 5.93. The van der Waals surface area contributed by atoms with Crippen molar-refractivity contribution < 1.29 is 9.53 Å². The number of ether oxygens (including phenoxy) is 1. The number of aromatic nitrogens is 2. The molecule has 0 saturated carbocycles. The van der Waals surface area contributed by atoms with E-state index in [2.05, 4.69) is 27.4 Å². The minimum Gasteiger partial charge on any atom is -0.495 e. The number of rotatable bonds is 4. The van der Waals surface area contributed by atoms with Crippen molar-refractivity contribution in [2.24, 2.45) is 0 Å². The first kappa shape index (κ1) is 18.9. The summed E-state index contributed by atoms with van der Waals surface area (Å²) < 4.78 is 5.42. The molecular weight excluding hydrogens is 364 g/mol. The van der Waals surface area contributed by atoms with Crippen molar-refractivity contribution >= 4 is 17.5 Å². The Hall–Kier alpha value is -3.41. The molecule has 0 radical (unpaired) electrons. The highest BCUT2D eigenvalue weighted by Gasteiger charge is 2.23. The Balaban J connectivity index is 1.59. The number of methoxy groups -OCH3 is 1. The van der Waals surface area contributed by atoms with Gasteiger partial charge in [-0.15, -0.1) is 0 Å². The zero-order valence-electron chi connectivity index (χ0n) is 16.9. The lowest BCUT2D eigenvalue weighted by Gasteiger charge is -2.28. The van der Waals surface area contributed by atoms with E-state index in [0.29, 0.717) is 30.5 Å². The molecule has 0 unspecified atom stereocenters. The molecule has 2 aromatic carbocycles. The van der Waals surface area contributed by atoms with Gasteiger partial charge in [-0.1, -0.05) is 30.3 Å². The van der Waals surface area contributed by atoms with E-state index in [1.54, 1.807) is 13.2 Å². The van der Waals surface area contributed by atoms with Crippen LogP contribution in [0.1, 0.15) is 32.9 Å². The van der Waals surface area contributed by atoms with Crippen LogP contribution in [0.5, 0.6) is 5.75 Å². The normalized spacial score (nSPS) is 13.0. The zero-order chi connectivity index (χ0) is 20.4. The standard InChI is InChI=1S/C23H24N4O2/c1-15-8-9-21(29-3)19(12-15)25-23-24-16(2)13-20(26-23)22(28)27-11-10-17-6-4-5-7-18(17)14-27/h4-9,12-13H,10-11,14H2,1-3H3,(H,24,25,26). The van der Waals surface area contributed by atoms with Gasteiger partial charge in [-0.25, -0.2) is 9.97 Å². The Labute approximate surface area is 170 Å². The number of aryl methyl sites for hydroxylation is 2. The number of benzene rings is 2. The number of carbonyl (C=O) groups excluding carboxylic acids is 1. The Morgan fingerprint density at radius 3 is 2.66 bits per heavy atom. The van der Waals surface area contributed by atoms with Crippen LogP contribution in [-0.2, 0) is 13.0 Å². The molecular formula is C23H24N4O2. The van der Waals surface area contributed by atoms with Crippen LogP contribution in [-0.4, -0.2) is 34.4 Å². The third-order valence-corrected chi connectivity index (χ3v) is 5.09. The van der Waals surface area contributed by atoms with Gasteiger partial charge in [0, 0.05) is 18.8 Å². The van der Waals surface area contributed by atoms with Crippen LogP contribution in [0.4, 0.5) is 11.6 Å². The van der Waals surface area contributed by atoms with E-state index in [1.165, 1.54) is 11.1 Å². The average Bonchev–Trinajstić information content (AvgIpc) is 2.72. The Morgan fingerprint density at radius 1 is 1.07 bits per heavy atom. The molecule has 0 bridgehead atoms. The third-order valence-electron chi connectivity index (χ3n) is 5.09. The summed E-state index contributed by atoms with van der Waals surface area (Å²) in [4.78, 5) is 23.9. The second kappa shape index (κ2) is 7.91. The van der Waals surface area contributed by atoms with E-state index in [1.807, 2.05) is 49.1 Å². The van der Waals surface area contributed by atoms with Crippen molar-refractivity contribution in [3.63, 3.8) is 0 Å². The van der Waals surface area contributed by atoms with E-state index >= 15 is 0 Å². The first-order chi connectivity index (χ1) is 14.0. The molecule has 6 nitrogen and oxygen atoms in total. The van der Waals surface area contributed by atoms with Gasteiger partial charge in [0.25, 0.3) is 5.91 Å². The van der Waals surface area contributed by atoms with Crippen molar-refractivity contribution in [3.05, 3.63) is 76.6 Å². The fourth-order valence-electron chi connectivity index (χ4n) is 3.61. The van der Waals surface area contributed by atoms with Crippen LogP contribution in [0.2, 0.25) is 0 Å².